The summed E-state index contributed by atoms with van der Waals surface area (Å²) in [6.07, 6.45) is 1.61. The molecule has 100 valence electrons. The van der Waals surface area contributed by atoms with Gasteiger partial charge in [0.2, 0.25) is 0 Å². The van der Waals surface area contributed by atoms with Gasteiger partial charge in [0.05, 0.1) is 0 Å². The van der Waals surface area contributed by atoms with Crippen LogP contribution < -0.4 is 15.4 Å². The number of urea groups is 1. The van der Waals surface area contributed by atoms with E-state index in [1.807, 2.05) is 45.0 Å². The predicted molar refractivity (Wildman–Crippen MR) is 71.5 cm³/mol. The zero-order chi connectivity index (χ0) is 14.0. The zero-order valence-electron chi connectivity index (χ0n) is 11.1. The van der Waals surface area contributed by atoms with E-state index in [0.717, 1.165) is 11.3 Å². The fraction of sp³-hybridized carbons (Fsp3) is 0.286. The number of hydrogen-bond acceptors (Lipinski definition) is 3. The number of ether oxygens (including phenoxy) is 1. The van der Waals surface area contributed by atoms with Crippen molar-refractivity contribution in [3.63, 3.8) is 0 Å². The van der Waals surface area contributed by atoms with E-state index in [9.17, 15) is 9.59 Å². The van der Waals surface area contributed by atoms with Crippen molar-refractivity contribution in [3.05, 3.63) is 35.5 Å². The Kier molecular flexibility index (Phi) is 3.29. The van der Waals surface area contributed by atoms with Gasteiger partial charge in [0.1, 0.15) is 17.0 Å². The lowest BCUT2D eigenvalue weighted by Gasteiger charge is -2.21. The Morgan fingerprint density at radius 3 is 2.16 bits per heavy atom. The average Bonchev–Trinajstić information content (AvgIpc) is 2.58. The lowest BCUT2D eigenvalue weighted by atomic mass is 10.1. The van der Waals surface area contributed by atoms with E-state index in [4.69, 9.17) is 4.74 Å². The summed E-state index contributed by atoms with van der Waals surface area (Å²) >= 11 is 0. The maximum Gasteiger partial charge on any atom is 0.326 e. The first-order chi connectivity index (χ1) is 8.83. The van der Waals surface area contributed by atoms with Gasteiger partial charge < -0.3 is 10.1 Å². The van der Waals surface area contributed by atoms with Crippen molar-refractivity contribution in [2.24, 2.45) is 0 Å². The molecule has 2 rings (SSSR count). The van der Waals surface area contributed by atoms with Crippen LogP contribution in [0.5, 0.6) is 5.75 Å². The molecule has 0 bridgehead atoms. The maximum atomic E-state index is 11.4. The van der Waals surface area contributed by atoms with Crippen molar-refractivity contribution in [1.82, 2.24) is 10.6 Å². The number of carbonyl (C=O) groups is 2. The molecule has 0 radical (unpaired) electrons. The van der Waals surface area contributed by atoms with Crippen molar-refractivity contribution in [1.29, 1.82) is 0 Å². The van der Waals surface area contributed by atoms with Gasteiger partial charge in [-0.3, -0.25) is 10.1 Å². The molecule has 0 aliphatic carbocycles. The Balaban J connectivity index is 2.13. The lowest BCUT2D eigenvalue weighted by molar-refractivity contribution is -0.115. The third-order valence-corrected chi connectivity index (χ3v) is 2.34. The van der Waals surface area contributed by atoms with Crippen LogP contribution in [0.25, 0.3) is 6.08 Å². The van der Waals surface area contributed by atoms with Crippen LogP contribution in [0.3, 0.4) is 0 Å². The third kappa shape index (κ3) is 3.58. The SMILES string of the molecule is CC(C)(C)Oc1ccc(/C=C2/NC(=O)NC2=O)cc1. The van der Waals surface area contributed by atoms with Gasteiger partial charge in [-0.25, -0.2) is 4.79 Å². The minimum absolute atomic E-state index is 0.245. The van der Waals surface area contributed by atoms with Crippen LogP contribution in [0.15, 0.2) is 30.0 Å². The van der Waals surface area contributed by atoms with E-state index in [1.54, 1.807) is 6.08 Å². The fourth-order valence-electron chi connectivity index (χ4n) is 1.63. The molecule has 1 heterocycles. The summed E-state index contributed by atoms with van der Waals surface area (Å²) in [5, 5.41) is 4.58. The van der Waals surface area contributed by atoms with Crippen LogP contribution in [-0.2, 0) is 4.79 Å². The molecule has 1 aromatic carbocycles. The lowest BCUT2D eigenvalue weighted by Crippen LogP contribution is -2.22. The molecule has 5 heteroatoms. The summed E-state index contributed by atoms with van der Waals surface area (Å²) in [4.78, 5) is 22.3. The molecule has 19 heavy (non-hydrogen) atoms. The van der Waals surface area contributed by atoms with E-state index in [2.05, 4.69) is 10.6 Å². The van der Waals surface area contributed by atoms with Crippen molar-refractivity contribution >= 4 is 18.0 Å². The summed E-state index contributed by atoms with van der Waals surface area (Å²) in [5.41, 5.74) is 0.808. The second-order valence-corrected chi connectivity index (χ2v) is 5.25. The van der Waals surface area contributed by atoms with Crippen molar-refractivity contribution in [2.75, 3.05) is 0 Å². The first-order valence-electron chi connectivity index (χ1n) is 5.97. The molecule has 0 atom stereocenters. The highest BCUT2D eigenvalue weighted by Crippen LogP contribution is 2.19. The first-order valence-corrected chi connectivity index (χ1v) is 5.97. The summed E-state index contributed by atoms with van der Waals surface area (Å²) in [7, 11) is 0. The standard InChI is InChI=1S/C14H16N2O3/c1-14(2,3)19-10-6-4-9(5-7-10)8-11-12(17)16-13(18)15-11/h4-8H,1-3H3,(H2,15,16,17,18)/b11-8+. The Morgan fingerprint density at radius 2 is 1.68 bits per heavy atom. The van der Waals surface area contributed by atoms with E-state index in [-0.39, 0.29) is 11.3 Å². The summed E-state index contributed by atoms with van der Waals surface area (Å²) in [6, 6.07) is 6.81. The Labute approximate surface area is 111 Å². The normalized spacial score (nSPS) is 17.3. The number of benzene rings is 1. The van der Waals surface area contributed by atoms with Crippen molar-refractivity contribution in [3.8, 4) is 5.75 Å². The van der Waals surface area contributed by atoms with Gasteiger partial charge in [0, 0.05) is 0 Å². The highest BCUT2D eigenvalue weighted by atomic mass is 16.5. The van der Waals surface area contributed by atoms with Crippen LogP contribution in [0.4, 0.5) is 4.79 Å². The molecule has 2 N–H and O–H groups in total. The quantitative estimate of drug-likeness (QED) is 0.631. The number of nitrogens with one attached hydrogen (secondary N) is 2. The molecule has 1 aliphatic heterocycles. The molecular formula is C14H16N2O3. The van der Waals surface area contributed by atoms with E-state index in [1.165, 1.54) is 0 Å². The number of hydrogen-bond donors (Lipinski definition) is 2. The Hall–Kier alpha value is -2.30. The van der Waals surface area contributed by atoms with Crippen LogP contribution in [0, 0.1) is 0 Å². The van der Waals surface area contributed by atoms with Crippen molar-refractivity contribution < 1.29 is 14.3 Å². The summed E-state index contributed by atoms with van der Waals surface area (Å²) in [6.45, 7) is 5.92. The van der Waals surface area contributed by atoms with Gasteiger partial charge in [-0.05, 0) is 44.5 Å². The van der Waals surface area contributed by atoms with Gasteiger partial charge in [0.15, 0.2) is 0 Å². The summed E-state index contributed by atoms with van der Waals surface area (Å²) in [5.74, 6) is 0.342. The molecular weight excluding hydrogens is 244 g/mol. The molecule has 1 aliphatic rings. The first kappa shape index (κ1) is 13.1. The smallest absolute Gasteiger partial charge is 0.326 e. The molecule has 3 amide bonds. The maximum absolute atomic E-state index is 11.4. The van der Waals surface area contributed by atoms with Gasteiger partial charge in [-0.1, -0.05) is 12.1 Å². The third-order valence-electron chi connectivity index (χ3n) is 2.34. The molecule has 1 fully saturated rings. The number of rotatable bonds is 2. The largest absolute Gasteiger partial charge is 0.488 e. The minimum atomic E-state index is -0.496. The molecule has 0 unspecified atom stereocenters. The highest BCUT2D eigenvalue weighted by molar-refractivity contribution is 6.13. The number of carbonyl (C=O) groups excluding carboxylic acids is 2. The van der Waals surface area contributed by atoms with Gasteiger partial charge in [0.25, 0.3) is 5.91 Å². The Morgan fingerprint density at radius 1 is 1.05 bits per heavy atom. The van der Waals surface area contributed by atoms with E-state index < -0.39 is 11.9 Å². The van der Waals surface area contributed by atoms with Gasteiger partial charge >= 0.3 is 6.03 Å². The molecule has 0 aromatic heterocycles. The van der Waals surface area contributed by atoms with Gasteiger partial charge in [-0.15, -0.1) is 0 Å². The van der Waals surface area contributed by atoms with Crippen molar-refractivity contribution in [2.45, 2.75) is 26.4 Å². The molecule has 0 saturated carbocycles. The molecule has 5 nitrogen and oxygen atoms in total. The summed E-state index contributed by atoms with van der Waals surface area (Å²) < 4.78 is 5.70. The topological polar surface area (TPSA) is 67.4 Å². The van der Waals surface area contributed by atoms with Gasteiger partial charge in [-0.2, -0.15) is 0 Å². The zero-order valence-corrected chi connectivity index (χ0v) is 11.1. The van der Waals surface area contributed by atoms with Crippen LogP contribution in [-0.4, -0.2) is 17.5 Å². The van der Waals surface area contributed by atoms with Crippen LogP contribution in [0.1, 0.15) is 26.3 Å². The molecule has 1 aromatic rings. The highest BCUT2D eigenvalue weighted by Gasteiger charge is 2.22. The monoisotopic (exact) mass is 260 g/mol. The molecule has 0 spiro atoms. The number of amides is 3. The second kappa shape index (κ2) is 4.76. The predicted octanol–water partition coefficient (Wildman–Crippen LogP) is 2.04. The average molecular weight is 260 g/mol. The van der Waals surface area contributed by atoms with Crippen LogP contribution in [0.2, 0.25) is 0 Å². The van der Waals surface area contributed by atoms with Crippen LogP contribution >= 0.6 is 0 Å². The van der Waals surface area contributed by atoms with E-state index in [0.29, 0.717) is 0 Å². The number of imide groups is 1. The second-order valence-electron chi connectivity index (χ2n) is 5.25. The Bertz CT molecular complexity index is 539. The molecule has 1 saturated heterocycles. The fourth-order valence-corrected chi connectivity index (χ4v) is 1.63. The minimum Gasteiger partial charge on any atom is -0.488 e. The van der Waals surface area contributed by atoms with E-state index >= 15 is 0 Å².